The average Bonchev–Trinajstić information content (AvgIpc) is 3.10. The number of nitrogens with zero attached hydrogens (tertiary/aromatic N) is 2. The van der Waals surface area contributed by atoms with Crippen molar-refractivity contribution in [2.45, 2.75) is 24.7 Å². The van der Waals surface area contributed by atoms with Gasteiger partial charge in [-0.3, -0.25) is 14.8 Å². The van der Waals surface area contributed by atoms with Gasteiger partial charge in [-0.2, -0.15) is 0 Å². The lowest BCUT2D eigenvalue weighted by Gasteiger charge is -2.54. The Labute approximate surface area is 185 Å². The van der Waals surface area contributed by atoms with Crippen molar-refractivity contribution in [1.82, 2.24) is 0 Å². The van der Waals surface area contributed by atoms with Crippen LogP contribution in [0.2, 0.25) is 0 Å². The lowest BCUT2D eigenvalue weighted by atomic mass is 9.46. The first kappa shape index (κ1) is 19.2. The van der Waals surface area contributed by atoms with Crippen LogP contribution < -0.4 is 10.1 Å². The van der Waals surface area contributed by atoms with E-state index >= 15 is 0 Å². The summed E-state index contributed by atoms with van der Waals surface area (Å²) < 4.78 is 0. The molecule has 6 nitrogen and oxygen atoms in total. The van der Waals surface area contributed by atoms with Gasteiger partial charge in [0.25, 0.3) is 0 Å². The molecule has 32 heavy (non-hydrogen) atoms. The van der Waals surface area contributed by atoms with Crippen molar-refractivity contribution in [2.24, 2.45) is 11.8 Å². The van der Waals surface area contributed by atoms with Crippen LogP contribution in [0.3, 0.4) is 0 Å². The molecule has 7 rings (SSSR count). The fraction of sp³-hybridized carbons (Fsp3) is 0.231. The summed E-state index contributed by atoms with van der Waals surface area (Å²) in [6, 6.07) is 22.3. The molecule has 0 unspecified atom stereocenters. The van der Waals surface area contributed by atoms with Crippen LogP contribution in [0.4, 0.5) is 11.4 Å². The van der Waals surface area contributed by atoms with E-state index in [1.807, 2.05) is 24.3 Å². The van der Waals surface area contributed by atoms with Crippen molar-refractivity contribution >= 4 is 23.2 Å². The number of benzene rings is 3. The maximum absolute atomic E-state index is 13.9. The van der Waals surface area contributed by atoms with Crippen molar-refractivity contribution in [3.63, 3.8) is 0 Å². The average molecular weight is 425 g/mol. The van der Waals surface area contributed by atoms with Crippen molar-refractivity contribution in [1.29, 1.82) is 0 Å². The third kappa shape index (κ3) is 2.16. The Bertz CT molecular complexity index is 1220. The van der Waals surface area contributed by atoms with Gasteiger partial charge in [0, 0.05) is 11.3 Å². The van der Waals surface area contributed by atoms with Gasteiger partial charge in [-0.05, 0) is 52.9 Å². The van der Waals surface area contributed by atoms with E-state index in [0.29, 0.717) is 12.1 Å². The van der Waals surface area contributed by atoms with Crippen LogP contribution in [-0.4, -0.2) is 17.0 Å². The normalized spacial score (nSPS) is 27.2. The topological polar surface area (TPSA) is 83.9 Å². The van der Waals surface area contributed by atoms with Gasteiger partial charge in [0.15, 0.2) is 0 Å². The smallest absolute Gasteiger partial charge is 0.238 e. The molecule has 1 saturated heterocycles. The highest BCUT2D eigenvalue weighted by Crippen LogP contribution is 2.65. The van der Waals surface area contributed by atoms with Gasteiger partial charge >= 0.3 is 0 Å². The fourth-order valence-corrected chi connectivity index (χ4v) is 6.51. The second-order valence-corrected chi connectivity index (χ2v) is 8.78. The first-order chi connectivity index (χ1) is 15.5. The summed E-state index contributed by atoms with van der Waals surface area (Å²) in [5.41, 5.74) is 4.45. The maximum Gasteiger partial charge on any atom is 0.238 e. The number of hydrogen-bond donors (Lipinski definition) is 1. The Kier molecular flexibility index (Phi) is 3.91. The SMILES string of the molecule is CCC12c3ccccc3C(c3ccccc31)[C@H]1C(=O)N(c3ccc(N([O-])O)cc3)C(=O)[C@@H]12. The largest absolute Gasteiger partial charge is 0.733 e. The molecule has 3 aromatic rings. The van der Waals surface area contributed by atoms with Crippen LogP contribution in [0.5, 0.6) is 0 Å². The Morgan fingerprint density at radius 2 is 1.47 bits per heavy atom. The van der Waals surface area contributed by atoms with Crippen LogP contribution in [0, 0.1) is 17.0 Å². The van der Waals surface area contributed by atoms with E-state index in [9.17, 15) is 14.8 Å². The molecule has 2 bridgehead atoms. The molecule has 3 aliphatic carbocycles. The molecule has 0 spiro atoms. The molecule has 0 radical (unpaired) electrons. The zero-order valence-electron chi connectivity index (χ0n) is 17.4. The molecule has 1 heterocycles. The molecule has 3 aromatic carbocycles. The van der Waals surface area contributed by atoms with Gasteiger partial charge in [0.2, 0.25) is 11.8 Å². The number of hydrogen-bond acceptors (Lipinski definition) is 5. The molecule has 0 saturated carbocycles. The first-order valence-corrected chi connectivity index (χ1v) is 10.8. The highest BCUT2D eigenvalue weighted by molar-refractivity contribution is 6.23. The second kappa shape index (κ2) is 6.51. The number of carbonyl (C=O) groups excluding carboxylic acids is 2. The second-order valence-electron chi connectivity index (χ2n) is 8.78. The molecular formula is C26H21N2O4-. The molecule has 2 amide bonds. The Hall–Kier alpha value is -3.48. The molecule has 160 valence electrons. The lowest BCUT2D eigenvalue weighted by molar-refractivity contribution is -0.123. The van der Waals surface area contributed by atoms with Crippen molar-refractivity contribution in [3.05, 3.63) is 100 Å². The van der Waals surface area contributed by atoms with Crippen LogP contribution in [0.15, 0.2) is 72.8 Å². The molecular weight excluding hydrogens is 404 g/mol. The molecule has 6 heteroatoms. The standard InChI is InChI=1S/C26H21N2O4/c1-2-26-19-9-5-3-7-17(19)21(18-8-4-6-10-20(18)26)22-23(26)25(30)27(24(22)29)15-11-13-16(14-12-15)28(31)32/h3-14,21-23,31H,2H2,1H3/q-1/t21?,22-,23-,26?/m1/s1. The Morgan fingerprint density at radius 1 is 0.906 bits per heavy atom. The summed E-state index contributed by atoms with van der Waals surface area (Å²) in [5, 5.41) is 20.1. The minimum absolute atomic E-state index is 0.0372. The molecule has 2 atom stereocenters. The zero-order chi connectivity index (χ0) is 22.2. The van der Waals surface area contributed by atoms with Crippen LogP contribution in [0.25, 0.3) is 0 Å². The quantitative estimate of drug-likeness (QED) is 0.499. The van der Waals surface area contributed by atoms with Crippen LogP contribution >= 0.6 is 0 Å². The molecule has 0 aromatic heterocycles. The predicted octanol–water partition coefficient (Wildman–Crippen LogP) is 4.34. The minimum atomic E-state index is -0.565. The number of rotatable bonds is 3. The summed E-state index contributed by atoms with van der Waals surface area (Å²) in [4.78, 5) is 29.0. The van der Waals surface area contributed by atoms with Gasteiger partial charge in [0.1, 0.15) is 0 Å². The van der Waals surface area contributed by atoms with Gasteiger partial charge in [0.05, 0.1) is 23.2 Å². The van der Waals surface area contributed by atoms with E-state index in [1.165, 1.54) is 29.2 Å². The van der Waals surface area contributed by atoms with E-state index in [0.717, 1.165) is 22.3 Å². The predicted molar refractivity (Wildman–Crippen MR) is 119 cm³/mol. The van der Waals surface area contributed by atoms with E-state index in [1.54, 1.807) is 0 Å². The first-order valence-electron chi connectivity index (χ1n) is 10.8. The number of imide groups is 1. The monoisotopic (exact) mass is 425 g/mol. The number of anilines is 2. The molecule has 1 fully saturated rings. The lowest BCUT2D eigenvalue weighted by Crippen LogP contribution is -2.53. The van der Waals surface area contributed by atoms with E-state index in [2.05, 4.69) is 31.2 Å². The van der Waals surface area contributed by atoms with E-state index < -0.39 is 17.3 Å². The third-order valence-corrected chi connectivity index (χ3v) is 7.68. The highest BCUT2D eigenvalue weighted by Gasteiger charge is 2.67. The fourth-order valence-electron chi connectivity index (χ4n) is 6.51. The number of carbonyl (C=O) groups is 2. The van der Waals surface area contributed by atoms with E-state index in [4.69, 9.17) is 5.21 Å². The van der Waals surface area contributed by atoms with Gasteiger partial charge in [-0.25, -0.2) is 4.90 Å². The van der Waals surface area contributed by atoms with Crippen molar-refractivity contribution in [2.75, 3.05) is 10.1 Å². The number of amides is 2. The Morgan fingerprint density at radius 3 is 2.00 bits per heavy atom. The summed E-state index contributed by atoms with van der Waals surface area (Å²) in [6.07, 6.45) is 0.705. The minimum Gasteiger partial charge on any atom is -0.733 e. The summed E-state index contributed by atoms with van der Waals surface area (Å²) in [7, 11) is 0. The van der Waals surface area contributed by atoms with Crippen LogP contribution in [-0.2, 0) is 15.0 Å². The summed E-state index contributed by atoms with van der Waals surface area (Å²) in [5.74, 6) is -1.53. The van der Waals surface area contributed by atoms with E-state index in [-0.39, 0.29) is 28.6 Å². The van der Waals surface area contributed by atoms with Gasteiger partial charge in [-0.1, -0.05) is 55.5 Å². The maximum atomic E-state index is 13.9. The van der Waals surface area contributed by atoms with Crippen molar-refractivity contribution < 1.29 is 14.8 Å². The van der Waals surface area contributed by atoms with Gasteiger partial charge < -0.3 is 10.4 Å². The van der Waals surface area contributed by atoms with Crippen molar-refractivity contribution in [3.8, 4) is 0 Å². The van der Waals surface area contributed by atoms with Gasteiger partial charge in [-0.15, -0.1) is 0 Å². The zero-order valence-corrected chi connectivity index (χ0v) is 17.4. The summed E-state index contributed by atoms with van der Waals surface area (Å²) in [6.45, 7) is 2.09. The third-order valence-electron chi connectivity index (χ3n) is 7.68. The summed E-state index contributed by atoms with van der Waals surface area (Å²) >= 11 is 0. The molecule has 1 N–H and O–H groups in total. The molecule has 4 aliphatic rings. The van der Waals surface area contributed by atoms with Crippen LogP contribution in [0.1, 0.15) is 41.5 Å². The Balaban J connectivity index is 1.57. The molecule has 1 aliphatic heterocycles. The highest BCUT2D eigenvalue weighted by atomic mass is 16.8.